The Morgan fingerprint density at radius 2 is 2.00 bits per heavy atom. The van der Waals surface area contributed by atoms with E-state index in [9.17, 15) is 19.7 Å². The van der Waals surface area contributed by atoms with E-state index in [0.717, 1.165) is 5.56 Å². The van der Waals surface area contributed by atoms with E-state index in [4.69, 9.17) is 0 Å². The van der Waals surface area contributed by atoms with E-state index in [1.165, 1.54) is 12.1 Å². The molecule has 8 heteroatoms. The summed E-state index contributed by atoms with van der Waals surface area (Å²) in [6, 6.07) is 15.6. The first-order valence-corrected chi connectivity index (χ1v) is 8.84. The number of likely N-dealkylation sites (tertiary alicyclic amines) is 1. The van der Waals surface area contributed by atoms with Crippen molar-refractivity contribution >= 4 is 23.2 Å². The van der Waals surface area contributed by atoms with Crippen LogP contribution in [0.1, 0.15) is 24.5 Å². The molecule has 1 atom stereocenters. The van der Waals surface area contributed by atoms with Crippen molar-refractivity contribution in [1.82, 2.24) is 10.3 Å². The van der Waals surface area contributed by atoms with Crippen LogP contribution in [0.5, 0.6) is 0 Å². The summed E-state index contributed by atoms with van der Waals surface area (Å²) >= 11 is 0. The van der Waals surface area contributed by atoms with Crippen LogP contribution < -0.4 is 5.43 Å². The lowest BCUT2D eigenvalue weighted by molar-refractivity contribution is -0.384. The summed E-state index contributed by atoms with van der Waals surface area (Å²) in [6.07, 6.45) is 0.143. The van der Waals surface area contributed by atoms with Crippen LogP contribution in [0.25, 0.3) is 0 Å². The quantitative estimate of drug-likeness (QED) is 0.472. The molecule has 1 saturated heterocycles. The number of rotatable bonds is 6. The van der Waals surface area contributed by atoms with E-state index in [1.54, 1.807) is 24.0 Å². The maximum atomic E-state index is 12.4. The van der Waals surface area contributed by atoms with Gasteiger partial charge in [-0.05, 0) is 12.5 Å². The third kappa shape index (κ3) is 4.59. The summed E-state index contributed by atoms with van der Waals surface area (Å²) < 4.78 is 0. The molecule has 3 rings (SSSR count). The lowest BCUT2D eigenvalue weighted by Crippen LogP contribution is -2.30. The van der Waals surface area contributed by atoms with Gasteiger partial charge in [-0.25, -0.2) is 5.43 Å². The Kier molecular flexibility index (Phi) is 5.78. The molecule has 2 aromatic rings. The van der Waals surface area contributed by atoms with Crippen LogP contribution in [-0.2, 0) is 16.1 Å². The van der Waals surface area contributed by atoms with Crippen LogP contribution in [0.4, 0.5) is 5.69 Å². The Hall–Kier alpha value is -3.55. The number of benzene rings is 2. The van der Waals surface area contributed by atoms with E-state index in [-0.39, 0.29) is 23.9 Å². The number of carbonyl (C=O) groups excluding carboxylic acids is 2. The number of nitro benzene ring substituents is 1. The van der Waals surface area contributed by atoms with Crippen molar-refractivity contribution in [1.29, 1.82) is 0 Å². The molecule has 0 aliphatic carbocycles. The van der Waals surface area contributed by atoms with Crippen molar-refractivity contribution in [2.24, 2.45) is 11.0 Å². The second kappa shape index (κ2) is 8.43. The SMILES string of the molecule is C/C(=N\NC(=O)C1CC(=O)N(Cc2ccccc2)C1)c1cccc([N+](=O)[O-])c1. The molecule has 1 unspecified atom stereocenters. The van der Waals surface area contributed by atoms with Gasteiger partial charge in [-0.3, -0.25) is 19.7 Å². The number of hydrogen-bond donors (Lipinski definition) is 1. The van der Waals surface area contributed by atoms with Crippen LogP contribution in [0.2, 0.25) is 0 Å². The molecule has 2 aromatic carbocycles. The third-order valence-electron chi connectivity index (χ3n) is 4.61. The molecule has 1 aliphatic rings. The van der Waals surface area contributed by atoms with Gasteiger partial charge in [-0.2, -0.15) is 5.10 Å². The molecule has 0 aromatic heterocycles. The Morgan fingerprint density at radius 3 is 2.71 bits per heavy atom. The zero-order valence-corrected chi connectivity index (χ0v) is 15.4. The summed E-state index contributed by atoms with van der Waals surface area (Å²) in [4.78, 5) is 36.6. The number of nitro groups is 1. The number of nitrogens with one attached hydrogen (secondary N) is 1. The van der Waals surface area contributed by atoms with Crippen molar-refractivity contribution < 1.29 is 14.5 Å². The van der Waals surface area contributed by atoms with E-state index in [2.05, 4.69) is 10.5 Å². The maximum Gasteiger partial charge on any atom is 0.270 e. The van der Waals surface area contributed by atoms with Crippen LogP contribution in [-0.4, -0.2) is 33.9 Å². The first-order chi connectivity index (χ1) is 13.4. The molecular weight excluding hydrogens is 360 g/mol. The zero-order chi connectivity index (χ0) is 20.1. The molecule has 1 fully saturated rings. The Bertz CT molecular complexity index is 927. The molecule has 0 spiro atoms. The standard InChI is InChI=1S/C20H20N4O4/c1-14(16-8-5-9-18(10-16)24(27)28)21-22-20(26)17-11-19(25)23(13-17)12-15-6-3-2-4-7-15/h2-10,17H,11-13H2,1H3,(H,22,26)/b21-14+. The van der Waals surface area contributed by atoms with Gasteiger partial charge < -0.3 is 4.90 Å². The van der Waals surface area contributed by atoms with Gasteiger partial charge in [0.05, 0.1) is 16.6 Å². The normalized spacial score (nSPS) is 16.9. The monoisotopic (exact) mass is 380 g/mol. The second-order valence-electron chi connectivity index (χ2n) is 6.64. The Labute approximate surface area is 162 Å². The van der Waals surface area contributed by atoms with Crippen molar-refractivity contribution in [3.63, 3.8) is 0 Å². The molecule has 1 N–H and O–H groups in total. The highest BCUT2D eigenvalue weighted by atomic mass is 16.6. The highest BCUT2D eigenvalue weighted by Gasteiger charge is 2.34. The predicted molar refractivity (Wildman–Crippen MR) is 103 cm³/mol. The van der Waals surface area contributed by atoms with Gasteiger partial charge >= 0.3 is 0 Å². The van der Waals surface area contributed by atoms with E-state index < -0.39 is 10.8 Å². The summed E-state index contributed by atoms with van der Waals surface area (Å²) in [5.41, 5.74) is 4.43. The number of carbonyl (C=O) groups is 2. The smallest absolute Gasteiger partial charge is 0.270 e. The summed E-state index contributed by atoms with van der Waals surface area (Å²) in [5, 5.41) is 14.9. The van der Waals surface area contributed by atoms with Gasteiger partial charge in [0.1, 0.15) is 0 Å². The third-order valence-corrected chi connectivity index (χ3v) is 4.61. The van der Waals surface area contributed by atoms with E-state index in [0.29, 0.717) is 24.4 Å². The minimum Gasteiger partial charge on any atom is -0.338 e. The Morgan fingerprint density at radius 1 is 1.25 bits per heavy atom. The molecule has 2 amide bonds. The van der Waals surface area contributed by atoms with Gasteiger partial charge in [-0.1, -0.05) is 42.5 Å². The van der Waals surface area contributed by atoms with Crippen LogP contribution in [0.15, 0.2) is 59.7 Å². The zero-order valence-electron chi connectivity index (χ0n) is 15.4. The van der Waals surface area contributed by atoms with Crippen molar-refractivity contribution in [3.8, 4) is 0 Å². The largest absolute Gasteiger partial charge is 0.338 e. The van der Waals surface area contributed by atoms with Gasteiger partial charge in [0.25, 0.3) is 5.69 Å². The van der Waals surface area contributed by atoms with E-state index >= 15 is 0 Å². The van der Waals surface area contributed by atoms with Gasteiger partial charge in [-0.15, -0.1) is 0 Å². The Balaban J connectivity index is 1.60. The number of amides is 2. The van der Waals surface area contributed by atoms with Gasteiger partial charge in [0.2, 0.25) is 11.8 Å². The van der Waals surface area contributed by atoms with Crippen molar-refractivity contribution in [3.05, 3.63) is 75.8 Å². The summed E-state index contributed by atoms with van der Waals surface area (Å²) in [6.45, 7) is 2.46. The average Bonchev–Trinajstić information content (AvgIpc) is 3.07. The predicted octanol–water partition coefficient (Wildman–Crippen LogP) is 2.48. The number of hydrazone groups is 1. The summed E-state index contributed by atoms with van der Waals surface area (Å²) in [5.74, 6) is -0.880. The topological polar surface area (TPSA) is 105 Å². The molecule has 0 radical (unpaired) electrons. The lowest BCUT2D eigenvalue weighted by atomic mass is 10.1. The fourth-order valence-corrected chi connectivity index (χ4v) is 3.04. The number of hydrogen-bond acceptors (Lipinski definition) is 5. The molecule has 28 heavy (non-hydrogen) atoms. The molecule has 144 valence electrons. The fourth-order valence-electron chi connectivity index (χ4n) is 3.04. The lowest BCUT2D eigenvalue weighted by Gasteiger charge is -2.16. The summed E-state index contributed by atoms with van der Waals surface area (Å²) in [7, 11) is 0. The molecule has 0 bridgehead atoms. The highest BCUT2D eigenvalue weighted by molar-refractivity contribution is 6.00. The molecule has 1 heterocycles. The van der Waals surface area contributed by atoms with Crippen molar-refractivity contribution in [2.45, 2.75) is 19.9 Å². The maximum absolute atomic E-state index is 12.4. The number of nitrogens with zero attached hydrogens (tertiary/aromatic N) is 3. The van der Waals surface area contributed by atoms with Crippen LogP contribution in [0.3, 0.4) is 0 Å². The highest BCUT2D eigenvalue weighted by Crippen LogP contribution is 2.20. The molecule has 8 nitrogen and oxygen atoms in total. The van der Waals surface area contributed by atoms with E-state index in [1.807, 2.05) is 30.3 Å². The molecule has 1 aliphatic heterocycles. The first-order valence-electron chi connectivity index (χ1n) is 8.84. The molecular formula is C20H20N4O4. The van der Waals surface area contributed by atoms with Crippen LogP contribution >= 0.6 is 0 Å². The first kappa shape index (κ1) is 19.2. The average molecular weight is 380 g/mol. The minimum absolute atomic E-state index is 0.0451. The van der Waals surface area contributed by atoms with Gasteiger partial charge in [0, 0.05) is 37.2 Å². The second-order valence-corrected chi connectivity index (χ2v) is 6.64. The minimum atomic E-state index is -0.485. The van der Waals surface area contributed by atoms with Gasteiger partial charge in [0.15, 0.2) is 0 Å². The molecule has 0 saturated carbocycles. The number of non-ortho nitro benzene ring substituents is 1. The fraction of sp³-hybridized carbons (Fsp3) is 0.250. The van der Waals surface area contributed by atoms with Crippen LogP contribution in [0, 0.1) is 16.0 Å². The van der Waals surface area contributed by atoms with Crippen molar-refractivity contribution in [2.75, 3.05) is 6.54 Å².